The summed E-state index contributed by atoms with van der Waals surface area (Å²) in [7, 11) is 0. The maximum atomic E-state index is 13.1. The number of carbonyl (C=O) groups is 1. The third-order valence-electron chi connectivity index (χ3n) is 4.15. The van der Waals surface area contributed by atoms with Crippen LogP contribution in [-0.2, 0) is 11.2 Å². The molecule has 0 saturated heterocycles. The third kappa shape index (κ3) is 2.97. The molecule has 2 aromatic rings. The van der Waals surface area contributed by atoms with Gasteiger partial charge < -0.3 is 5.32 Å². The molecule has 0 heterocycles. The van der Waals surface area contributed by atoms with Gasteiger partial charge in [-0.3, -0.25) is 4.79 Å². The second-order valence-electron chi connectivity index (χ2n) is 5.65. The molecule has 1 aliphatic rings. The summed E-state index contributed by atoms with van der Waals surface area (Å²) in [5.74, 6) is 0.00332. The van der Waals surface area contributed by atoms with E-state index in [9.17, 15) is 9.18 Å². The molecule has 21 heavy (non-hydrogen) atoms. The van der Waals surface area contributed by atoms with Gasteiger partial charge in [-0.1, -0.05) is 24.3 Å². The Morgan fingerprint density at radius 1 is 1.29 bits per heavy atom. The van der Waals surface area contributed by atoms with Crippen LogP contribution in [-0.4, -0.2) is 5.91 Å². The molecule has 1 N–H and O–H groups in total. The lowest BCUT2D eigenvalue weighted by Gasteiger charge is -2.13. The topological polar surface area (TPSA) is 29.1 Å². The molecule has 0 bridgehead atoms. The van der Waals surface area contributed by atoms with Crippen molar-refractivity contribution in [2.24, 2.45) is 0 Å². The number of benzene rings is 2. The molecule has 1 unspecified atom stereocenters. The fourth-order valence-electron chi connectivity index (χ4n) is 3.05. The largest absolute Gasteiger partial charge is 0.326 e. The number of anilines is 1. The van der Waals surface area contributed by atoms with E-state index in [1.807, 2.05) is 12.1 Å². The predicted octanol–water partition coefficient (Wildman–Crippen LogP) is 4.19. The SMILES string of the molecule is Cc1cc(F)ccc1NC(=O)CC1CCc2ccccc21. The molecule has 1 atom stereocenters. The standard InChI is InChI=1S/C18H18FNO/c1-12-10-15(19)8-9-17(12)20-18(21)11-14-7-6-13-4-2-3-5-16(13)14/h2-5,8-10,14H,6-7,11H2,1H3,(H,20,21). The highest BCUT2D eigenvalue weighted by Crippen LogP contribution is 2.35. The number of rotatable bonds is 3. The molecular formula is C18H18FNO. The Kier molecular flexibility index (Phi) is 3.74. The van der Waals surface area contributed by atoms with Crippen molar-refractivity contribution in [3.8, 4) is 0 Å². The second kappa shape index (κ2) is 5.68. The van der Waals surface area contributed by atoms with Gasteiger partial charge in [0.2, 0.25) is 5.91 Å². The van der Waals surface area contributed by atoms with Crippen molar-refractivity contribution in [3.63, 3.8) is 0 Å². The summed E-state index contributed by atoms with van der Waals surface area (Å²) in [6.45, 7) is 1.80. The van der Waals surface area contributed by atoms with E-state index in [-0.39, 0.29) is 11.7 Å². The molecule has 0 saturated carbocycles. The first kappa shape index (κ1) is 13.8. The first-order valence-corrected chi connectivity index (χ1v) is 7.27. The summed E-state index contributed by atoms with van der Waals surface area (Å²) in [5.41, 5.74) is 4.08. The van der Waals surface area contributed by atoms with E-state index in [0.717, 1.165) is 18.4 Å². The van der Waals surface area contributed by atoms with Crippen molar-refractivity contribution >= 4 is 11.6 Å². The van der Waals surface area contributed by atoms with Gasteiger partial charge in [0.05, 0.1) is 0 Å². The number of nitrogens with one attached hydrogen (secondary N) is 1. The molecule has 3 heteroatoms. The minimum Gasteiger partial charge on any atom is -0.326 e. The van der Waals surface area contributed by atoms with Crippen LogP contribution in [0.15, 0.2) is 42.5 Å². The molecule has 2 nitrogen and oxygen atoms in total. The van der Waals surface area contributed by atoms with Gasteiger partial charge in [-0.2, -0.15) is 0 Å². The molecule has 2 aromatic carbocycles. The molecular weight excluding hydrogens is 265 g/mol. The zero-order valence-corrected chi connectivity index (χ0v) is 12.0. The number of fused-ring (bicyclic) bond motifs is 1. The highest BCUT2D eigenvalue weighted by Gasteiger charge is 2.24. The van der Waals surface area contributed by atoms with Gasteiger partial charge in [-0.05, 0) is 60.6 Å². The zero-order chi connectivity index (χ0) is 14.8. The average Bonchev–Trinajstić information content (AvgIpc) is 2.85. The first-order chi connectivity index (χ1) is 10.1. The smallest absolute Gasteiger partial charge is 0.224 e. The molecule has 0 aromatic heterocycles. The summed E-state index contributed by atoms with van der Waals surface area (Å²) in [6.07, 6.45) is 2.55. The van der Waals surface area contributed by atoms with Crippen LogP contribution in [0.3, 0.4) is 0 Å². The van der Waals surface area contributed by atoms with Gasteiger partial charge in [-0.15, -0.1) is 0 Å². The second-order valence-corrected chi connectivity index (χ2v) is 5.65. The van der Waals surface area contributed by atoms with E-state index < -0.39 is 0 Å². The molecule has 108 valence electrons. The summed E-state index contributed by atoms with van der Waals surface area (Å²) >= 11 is 0. The summed E-state index contributed by atoms with van der Waals surface area (Å²) in [6, 6.07) is 12.7. The summed E-state index contributed by atoms with van der Waals surface area (Å²) < 4.78 is 13.1. The first-order valence-electron chi connectivity index (χ1n) is 7.27. The Hall–Kier alpha value is -2.16. The van der Waals surface area contributed by atoms with E-state index in [2.05, 4.69) is 17.4 Å². The molecule has 0 spiro atoms. The van der Waals surface area contributed by atoms with Crippen LogP contribution in [0.25, 0.3) is 0 Å². The molecule has 0 radical (unpaired) electrons. The molecule has 1 amide bonds. The van der Waals surface area contributed by atoms with Gasteiger partial charge in [0.1, 0.15) is 5.82 Å². The van der Waals surface area contributed by atoms with Crippen LogP contribution in [0.5, 0.6) is 0 Å². The van der Waals surface area contributed by atoms with E-state index >= 15 is 0 Å². The minimum atomic E-state index is -0.282. The van der Waals surface area contributed by atoms with Crippen LogP contribution in [0.2, 0.25) is 0 Å². The van der Waals surface area contributed by atoms with Crippen molar-refractivity contribution in [1.82, 2.24) is 0 Å². The van der Waals surface area contributed by atoms with Gasteiger partial charge in [0, 0.05) is 12.1 Å². The van der Waals surface area contributed by atoms with Crippen LogP contribution in [0.1, 0.15) is 35.4 Å². The van der Waals surface area contributed by atoms with E-state index in [1.54, 1.807) is 13.0 Å². The Bertz CT molecular complexity index is 681. The Morgan fingerprint density at radius 3 is 2.90 bits per heavy atom. The van der Waals surface area contributed by atoms with Crippen molar-refractivity contribution < 1.29 is 9.18 Å². The normalized spacial score (nSPS) is 16.6. The minimum absolute atomic E-state index is 0.00795. The van der Waals surface area contributed by atoms with Crippen molar-refractivity contribution in [3.05, 3.63) is 65.0 Å². The van der Waals surface area contributed by atoms with Crippen molar-refractivity contribution in [1.29, 1.82) is 0 Å². The number of hydrogen-bond acceptors (Lipinski definition) is 1. The summed E-state index contributed by atoms with van der Waals surface area (Å²) in [5, 5.41) is 2.89. The number of carbonyl (C=O) groups excluding carboxylic acids is 1. The molecule has 3 rings (SSSR count). The van der Waals surface area contributed by atoms with E-state index in [4.69, 9.17) is 0 Å². The van der Waals surface area contributed by atoms with Crippen molar-refractivity contribution in [2.45, 2.75) is 32.1 Å². The van der Waals surface area contributed by atoms with Crippen molar-refractivity contribution in [2.75, 3.05) is 5.32 Å². The van der Waals surface area contributed by atoms with Crippen LogP contribution in [0.4, 0.5) is 10.1 Å². The third-order valence-corrected chi connectivity index (χ3v) is 4.15. The lowest BCUT2D eigenvalue weighted by molar-refractivity contribution is -0.116. The zero-order valence-electron chi connectivity index (χ0n) is 12.0. The van der Waals surface area contributed by atoms with Crippen LogP contribution < -0.4 is 5.32 Å². The summed E-state index contributed by atoms with van der Waals surface area (Å²) in [4.78, 5) is 12.2. The maximum Gasteiger partial charge on any atom is 0.224 e. The Labute approximate surface area is 124 Å². The predicted molar refractivity (Wildman–Crippen MR) is 81.9 cm³/mol. The van der Waals surface area contributed by atoms with E-state index in [0.29, 0.717) is 18.0 Å². The fraction of sp³-hybridized carbons (Fsp3) is 0.278. The number of aryl methyl sites for hydroxylation is 2. The van der Waals surface area contributed by atoms with E-state index in [1.165, 1.54) is 23.3 Å². The van der Waals surface area contributed by atoms with Gasteiger partial charge in [-0.25, -0.2) is 4.39 Å². The van der Waals surface area contributed by atoms with Gasteiger partial charge in [0.15, 0.2) is 0 Å². The van der Waals surface area contributed by atoms with Gasteiger partial charge >= 0.3 is 0 Å². The molecule has 1 aliphatic carbocycles. The van der Waals surface area contributed by atoms with Crippen LogP contribution >= 0.6 is 0 Å². The quantitative estimate of drug-likeness (QED) is 0.899. The lowest BCUT2D eigenvalue weighted by Crippen LogP contribution is -2.15. The number of amides is 1. The highest BCUT2D eigenvalue weighted by atomic mass is 19.1. The van der Waals surface area contributed by atoms with Crippen LogP contribution in [0, 0.1) is 12.7 Å². The fourth-order valence-corrected chi connectivity index (χ4v) is 3.05. The number of hydrogen-bond donors (Lipinski definition) is 1. The monoisotopic (exact) mass is 283 g/mol. The highest BCUT2D eigenvalue weighted by molar-refractivity contribution is 5.92. The lowest BCUT2D eigenvalue weighted by atomic mass is 9.97. The van der Waals surface area contributed by atoms with Gasteiger partial charge in [0.25, 0.3) is 0 Å². The maximum absolute atomic E-state index is 13.1. The molecule has 0 fully saturated rings. The molecule has 0 aliphatic heterocycles. The Morgan fingerprint density at radius 2 is 2.10 bits per heavy atom. The average molecular weight is 283 g/mol. The Balaban J connectivity index is 1.68. The number of halogens is 1.